The van der Waals surface area contributed by atoms with E-state index in [9.17, 15) is 13.2 Å². The molecule has 2 aromatic rings. The van der Waals surface area contributed by atoms with Crippen molar-refractivity contribution in [2.24, 2.45) is 0 Å². The number of aromatic nitrogens is 1. The van der Waals surface area contributed by atoms with E-state index in [1.165, 1.54) is 10.6 Å². The zero-order valence-electron chi connectivity index (χ0n) is 15.7. The minimum atomic E-state index is -3.24. The molecule has 0 saturated carbocycles. The molecule has 2 heterocycles. The number of aryl methyl sites for hydroxylation is 1. The number of halogens is 1. The first kappa shape index (κ1) is 19.9. The van der Waals surface area contributed by atoms with E-state index < -0.39 is 10.0 Å². The van der Waals surface area contributed by atoms with Gasteiger partial charge in [-0.1, -0.05) is 17.7 Å². The third-order valence-corrected chi connectivity index (χ3v) is 6.44. The summed E-state index contributed by atoms with van der Waals surface area (Å²) in [5.74, 6) is -0.184. The lowest BCUT2D eigenvalue weighted by Gasteiger charge is -2.31. The lowest BCUT2D eigenvalue weighted by atomic mass is 10.1. The van der Waals surface area contributed by atoms with Gasteiger partial charge in [-0.3, -0.25) is 4.79 Å². The molecule has 1 fully saturated rings. The Balaban J connectivity index is 1.81. The molecule has 8 heteroatoms. The molecule has 27 heavy (non-hydrogen) atoms. The summed E-state index contributed by atoms with van der Waals surface area (Å²) in [6, 6.07) is 9.15. The molecule has 0 aliphatic carbocycles. The molecule has 146 valence electrons. The first-order valence-electron chi connectivity index (χ1n) is 8.87. The molecule has 1 aromatic heterocycles. The number of benzene rings is 1. The molecule has 1 aliphatic heterocycles. The van der Waals surface area contributed by atoms with Crippen LogP contribution in [-0.2, 0) is 10.0 Å². The second-order valence-electron chi connectivity index (χ2n) is 7.03. The van der Waals surface area contributed by atoms with Crippen LogP contribution < -0.4 is 5.32 Å². The van der Waals surface area contributed by atoms with Crippen molar-refractivity contribution < 1.29 is 13.2 Å². The number of rotatable bonds is 4. The minimum Gasteiger partial charge on any atom is -0.348 e. The van der Waals surface area contributed by atoms with E-state index in [-0.39, 0.29) is 11.9 Å². The van der Waals surface area contributed by atoms with Crippen LogP contribution >= 0.6 is 11.6 Å². The van der Waals surface area contributed by atoms with Gasteiger partial charge in [-0.15, -0.1) is 0 Å². The van der Waals surface area contributed by atoms with Crippen molar-refractivity contribution >= 4 is 27.5 Å². The van der Waals surface area contributed by atoms with Crippen LogP contribution in [0.15, 0.2) is 30.3 Å². The number of hydrogen-bond acceptors (Lipinski definition) is 3. The van der Waals surface area contributed by atoms with Crippen molar-refractivity contribution in [3.63, 3.8) is 0 Å². The maximum Gasteiger partial charge on any atom is 0.253 e. The van der Waals surface area contributed by atoms with Crippen LogP contribution in [0.4, 0.5) is 0 Å². The SMILES string of the molecule is Cc1cc(C(=O)NC2CCCN(S(C)(=O)=O)C2)c(C)n1-c1cccc(Cl)c1. The zero-order valence-corrected chi connectivity index (χ0v) is 17.3. The van der Waals surface area contributed by atoms with E-state index in [1.807, 2.05) is 48.7 Å². The molecule has 1 aliphatic rings. The van der Waals surface area contributed by atoms with Crippen LogP contribution in [0.5, 0.6) is 0 Å². The smallest absolute Gasteiger partial charge is 0.253 e. The normalized spacial score (nSPS) is 18.4. The number of nitrogens with one attached hydrogen (secondary N) is 1. The number of piperidine rings is 1. The van der Waals surface area contributed by atoms with Crippen molar-refractivity contribution in [3.05, 3.63) is 52.3 Å². The van der Waals surface area contributed by atoms with Gasteiger partial charge in [0.15, 0.2) is 0 Å². The Morgan fingerprint density at radius 3 is 2.67 bits per heavy atom. The second kappa shape index (κ2) is 7.66. The summed E-state index contributed by atoms with van der Waals surface area (Å²) in [6.45, 7) is 4.66. The van der Waals surface area contributed by atoms with Crippen LogP contribution in [0.2, 0.25) is 5.02 Å². The van der Waals surface area contributed by atoms with Crippen molar-refractivity contribution in [3.8, 4) is 5.69 Å². The predicted molar refractivity (Wildman–Crippen MR) is 107 cm³/mol. The summed E-state index contributed by atoms with van der Waals surface area (Å²) in [5.41, 5.74) is 3.24. The summed E-state index contributed by atoms with van der Waals surface area (Å²) in [7, 11) is -3.24. The molecule has 1 atom stereocenters. The van der Waals surface area contributed by atoms with E-state index in [4.69, 9.17) is 11.6 Å². The van der Waals surface area contributed by atoms with Gasteiger partial charge in [0.25, 0.3) is 5.91 Å². The van der Waals surface area contributed by atoms with Crippen LogP contribution in [-0.4, -0.2) is 48.6 Å². The summed E-state index contributed by atoms with van der Waals surface area (Å²) in [5, 5.41) is 3.63. The van der Waals surface area contributed by atoms with Gasteiger partial charge in [-0.2, -0.15) is 0 Å². The number of carbonyl (C=O) groups is 1. The first-order chi connectivity index (χ1) is 12.7. The van der Waals surface area contributed by atoms with Crippen LogP contribution in [0.25, 0.3) is 5.69 Å². The third-order valence-electron chi connectivity index (χ3n) is 4.93. The topological polar surface area (TPSA) is 71.4 Å². The van der Waals surface area contributed by atoms with Gasteiger partial charge in [0.2, 0.25) is 10.0 Å². The fourth-order valence-electron chi connectivity index (χ4n) is 3.63. The molecule has 3 rings (SSSR count). The predicted octanol–water partition coefficient (Wildman–Crippen LogP) is 2.90. The average Bonchev–Trinajstić information content (AvgIpc) is 2.89. The molecule has 1 amide bonds. The molecule has 0 bridgehead atoms. The maximum absolute atomic E-state index is 12.8. The Morgan fingerprint density at radius 1 is 1.26 bits per heavy atom. The van der Waals surface area contributed by atoms with E-state index >= 15 is 0 Å². The second-order valence-corrected chi connectivity index (χ2v) is 9.45. The van der Waals surface area contributed by atoms with Crippen LogP contribution in [0, 0.1) is 13.8 Å². The molecule has 0 radical (unpaired) electrons. The molecule has 1 unspecified atom stereocenters. The highest BCUT2D eigenvalue weighted by Gasteiger charge is 2.28. The molecule has 6 nitrogen and oxygen atoms in total. The molecule has 1 N–H and O–H groups in total. The Bertz CT molecular complexity index is 969. The van der Waals surface area contributed by atoms with E-state index in [1.54, 1.807) is 0 Å². The monoisotopic (exact) mass is 409 g/mol. The number of nitrogens with zero attached hydrogens (tertiary/aromatic N) is 2. The lowest BCUT2D eigenvalue weighted by molar-refractivity contribution is 0.0921. The van der Waals surface area contributed by atoms with Gasteiger partial charge < -0.3 is 9.88 Å². The Hall–Kier alpha value is -1.83. The summed E-state index contributed by atoms with van der Waals surface area (Å²) in [6.07, 6.45) is 2.71. The molecular formula is C19H24ClN3O3S. The highest BCUT2D eigenvalue weighted by atomic mass is 35.5. The number of amides is 1. The molecule has 1 saturated heterocycles. The van der Waals surface area contributed by atoms with Crippen molar-refractivity contribution in [2.75, 3.05) is 19.3 Å². The maximum atomic E-state index is 12.8. The standard InChI is InChI=1S/C19H24ClN3O3S/c1-13-10-18(14(2)23(13)17-8-4-6-15(20)11-17)19(24)21-16-7-5-9-22(12-16)27(3,25)26/h4,6,8,10-11,16H,5,7,9,12H2,1-3H3,(H,21,24). The number of hydrogen-bond donors (Lipinski definition) is 1. The van der Waals surface area contributed by atoms with Crippen molar-refractivity contribution in [1.29, 1.82) is 0 Å². The average molecular weight is 410 g/mol. The summed E-state index contributed by atoms with van der Waals surface area (Å²) in [4.78, 5) is 12.8. The Labute approximate surface area is 165 Å². The van der Waals surface area contributed by atoms with Crippen molar-refractivity contribution in [1.82, 2.24) is 14.2 Å². The van der Waals surface area contributed by atoms with Crippen LogP contribution in [0.3, 0.4) is 0 Å². The molecule has 1 aromatic carbocycles. The Morgan fingerprint density at radius 2 is 2.00 bits per heavy atom. The van der Waals surface area contributed by atoms with Gasteiger partial charge in [-0.25, -0.2) is 12.7 Å². The van der Waals surface area contributed by atoms with E-state index in [0.29, 0.717) is 23.7 Å². The quantitative estimate of drug-likeness (QED) is 0.843. The highest BCUT2D eigenvalue weighted by Crippen LogP contribution is 2.23. The zero-order chi connectivity index (χ0) is 19.8. The number of carbonyl (C=O) groups excluding carboxylic acids is 1. The largest absolute Gasteiger partial charge is 0.348 e. The minimum absolute atomic E-state index is 0.184. The lowest BCUT2D eigenvalue weighted by Crippen LogP contribution is -2.49. The molecule has 0 spiro atoms. The summed E-state index contributed by atoms with van der Waals surface area (Å²) >= 11 is 6.10. The first-order valence-corrected chi connectivity index (χ1v) is 11.1. The molecular weight excluding hydrogens is 386 g/mol. The van der Waals surface area contributed by atoms with Crippen molar-refractivity contribution in [2.45, 2.75) is 32.7 Å². The summed E-state index contributed by atoms with van der Waals surface area (Å²) < 4.78 is 27.0. The van der Waals surface area contributed by atoms with Gasteiger partial charge in [0.1, 0.15) is 0 Å². The van der Waals surface area contributed by atoms with Gasteiger partial charge >= 0.3 is 0 Å². The number of sulfonamides is 1. The Kier molecular flexibility index (Phi) is 5.65. The van der Waals surface area contributed by atoms with E-state index in [0.717, 1.165) is 29.9 Å². The third kappa shape index (κ3) is 4.36. The van der Waals surface area contributed by atoms with Gasteiger partial charge in [0, 0.05) is 41.2 Å². The van der Waals surface area contributed by atoms with Crippen LogP contribution in [0.1, 0.15) is 34.6 Å². The fourth-order valence-corrected chi connectivity index (χ4v) is 4.73. The van der Waals surface area contributed by atoms with Gasteiger partial charge in [0.05, 0.1) is 11.8 Å². The van der Waals surface area contributed by atoms with E-state index in [2.05, 4.69) is 5.32 Å². The van der Waals surface area contributed by atoms with Gasteiger partial charge in [-0.05, 0) is 51.0 Å². The fraction of sp³-hybridized carbons (Fsp3) is 0.421. The highest BCUT2D eigenvalue weighted by molar-refractivity contribution is 7.88.